The number of piperidine rings is 1. The van der Waals surface area contributed by atoms with E-state index in [0.717, 1.165) is 54.9 Å². The molecule has 3 aromatic carbocycles. The largest absolute Gasteiger partial charge is 0.313 e. The minimum absolute atomic E-state index is 0.115. The van der Waals surface area contributed by atoms with E-state index in [9.17, 15) is 9.18 Å². The first-order chi connectivity index (χ1) is 18.1. The van der Waals surface area contributed by atoms with E-state index in [2.05, 4.69) is 53.5 Å². The van der Waals surface area contributed by atoms with Gasteiger partial charge in [-0.2, -0.15) is 0 Å². The molecule has 1 atom stereocenters. The highest BCUT2D eigenvalue weighted by atomic mass is 32.1. The van der Waals surface area contributed by atoms with Gasteiger partial charge in [-0.1, -0.05) is 67.6 Å². The van der Waals surface area contributed by atoms with Crippen molar-refractivity contribution in [2.24, 2.45) is 5.92 Å². The third-order valence-electron chi connectivity index (χ3n) is 7.26. The van der Waals surface area contributed by atoms with Crippen LogP contribution in [0.2, 0.25) is 0 Å². The van der Waals surface area contributed by atoms with Crippen LogP contribution < -0.4 is 5.32 Å². The van der Waals surface area contributed by atoms with E-state index >= 15 is 0 Å². The van der Waals surface area contributed by atoms with Crippen molar-refractivity contribution in [3.05, 3.63) is 124 Å². The SMILES string of the molecule is CCc1cc(C(c2cccc(F)c2)N2CCC(Cc3ccccc3)CC2)c(NC(=O)c2ccccc2)s1. The number of amides is 1. The van der Waals surface area contributed by atoms with Gasteiger partial charge in [0, 0.05) is 16.0 Å². The summed E-state index contributed by atoms with van der Waals surface area (Å²) < 4.78 is 14.4. The topological polar surface area (TPSA) is 32.3 Å². The van der Waals surface area contributed by atoms with E-state index in [1.54, 1.807) is 23.5 Å². The molecule has 1 amide bonds. The van der Waals surface area contributed by atoms with Gasteiger partial charge < -0.3 is 5.32 Å². The lowest BCUT2D eigenvalue weighted by Crippen LogP contribution is -2.38. The molecule has 0 spiro atoms. The van der Waals surface area contributed by atoms with Crippen LogP contribution in [0.25, 0.3) is 0 Å². The van der Waals surface area contributed by atoms with Crippen molar-refractivity contribution in [3.63, 3.8) is 0 Å². The van der Waals surface area contributed by atoms with Crippen molar-refractivity contribution in [2.75, 3.05) is 18.4 Å². The highest BCUT2D eigenvalue weighted by Crippen LogP contribution is 2.41. The Morgan fingerprint density at radius 1 is 0.973 bits per heavy atom. The number of rotatable bonds is 8. The normalized spacial score (nSPS) is 15.4. The lowest BCUT2D eigenvalue weighted by atomic mass is 9.88. The minimum Gasteiger partial charge on any atom is -0.313 e. The van der Waals surface area contributed by atoms with Crippen molar-refractivity contribution in [3.8, 4) is 0 Å². The van der Waals surface area contributed by atoms with Gasteiger partial charge in [0.2, 0.25) is 0 Å². The molecule has 0 saturated carbocycles. The van der Waals surface area contributed by atoms with Crippen LogP contribution in [0.3, 0.4) is 0 Å². The number of thiophene rings is 1. The van der Waals surface area contributed by atoms with Crippen LogP contribution in [0.15, 0.2) is 91.0 Å². The second-order valence-corrected chi connectivity index (χ2v) is 10.9. The molecule has 4 aromatic rings. The summed E-state index contributed by atoms with van der Waals surface area (Å²) in [5, 5.41) is 4.04. The van der Waals surface area contributed by atoms with E-state index in [-0.39, 0.29) is 17.8 Å². The Kier molecular flexibility index (Phi) is 8.12. The number of hydrogen-bond acceptors (Lipinski definition) is 3. The predicted octanol–water partition coefficient (Wildman–Crippen LogP) is 7.75. The lowest BCUT2D eigenvalue weighted by molar-refractivity contribution is 0.102. The first-order valence-corrected chi connectivity index (χ1v) is 13.9. The summed E-state index contributed by atoms with van der Waals surface area (Å²) >= 11 is 1.62. The number of halogens is 1. The Morgan fingerprint density at radius 3 is 2.35 bits per heavy atom. The van der Waals surface area contributed by atoms with Gasteiger partial charge in [0.1, 0.15) is 10.8 Å². The highest BCUT2D eigenvalue weighted by Gasteiger charge is 2.31. The quantitative estimate of drug-likeness (QED) is 0.262. The van der Waals surface area contributed by atoms with E-state index in [1.807, 2.05) is 36.4 Å². The average Bonchev–Trinajstić information content (AvgIpc) is 3.33. The Balaban J connectivity index is 1.43. The van der Waals surface area contributed by atoms with Crippen molar-refractivity contribution in [1.29, 1.82) is 0 Å². The van der Waals surface area contributed by atoms with E-state index < -0.39 is 0 Å². The van der Waals surface area contributed by atoms with Crippen LogP contribution in [-0.2, 0) is 12.8 Å². The molecule has 0 radical (unpaired) electrons. The zero-order valence-electron chi connectivity index (χ0n) is 21.2. The van der Waals surface area contributed by atoms with Gasteiger partial charge in [-0.25, -0.2) is 4.39 Å². The molecule has 37 heavy (non-hydrogen) atoms. The smallest absolute Gasteiger partial charge is 0.256 e. The van der Waals surface area contributed by atoms with Crippen molar-refractivity contribution < 1.29 is 9.18 Å². The third-order valence-corrected chi connectivity index (χ3v) is 8.47. The second-order valence-electron chi connectivity index (χ2n) is 9.80. The molecule has 0 bridgehead atoms. The average molecular weight is 513 g/mol. The predicted molar refractivity (Wildman–Crippen MR) is 151 cm³/mol. The number of nitrogens with zero attached hydrogens (tertiary/aromatic N) is 1. The molecule has 1 aromatic heterocycles. The standard InChI is InChI=1S/C32H33FN2OS/c1-2-28-22-29(32(37-28)34-31(36)25-12-7-4-8-13-25)30(26-14-9-15-27(33)21-26)35-18-16-24(17-19-35)20-23-10-5-3-6-11-23/h3-15,21-22,24,30H,2,16-20H2,1H3,(H,34,36). The summed E-state index contributed by atoms with van der Waals surface area (Å²) in [4.78, 5) is 16.8. The number of aryl methyl sites for hydroxylation is 1. The van der Waals surface area contributed by atoms with E-state index in [4.69, 9.17) is 0 Å². The minimum atomic E-state index is -0.234. The first kappa shape index (κ1) is 25.4. The highest BCUT2D eigenvalue weighted by molar-refractivity contribution is 7.16. The van der Waals surface area contributed by atoms with E-state index in [1.165, 1.54) is 16.5 Å². The molecule has 1 N–H and O–H groups in total. The summed E-state index contributed by atoms with van der Waals surface area (Å²) in [6.45, 7) is 3.99. The maximum atomic E-state index is 14.4. The fourth-order valence-corrected chi connectivity index (χ4v) is 6.35. The van der Waals surface area contributed by atoms with Gasteiger partial charge >= 0.3 is 0 Å². The lowest BCUT2D eigenvalue weighted by Gasteiger charge is -2.38. The number of carbonyl (C=O) groups excluding carboxylic acids is 1. The number of nitrogens with one attached hydrogen (secondary N) is 1. The van der Waals surface area contributed by atoms with E-state index in [0.29, 0.717) is 11.5 Å². The van der Waals surface area contributed by atoms with Crippen molar-refractivity contribution >= 4 is 22.2 Å². The number of benzene rings is 3. The number of carbonyl (C=O) groups is 1. The van der Waals surface area contributed by atoms with Crippen LogP contribution in [0, 0.1) is 11.7 Å². The number of anilines is 1. The Bertz CT molecular complexity index is 1310. The number of likely N-dealkylation sites (tertiary alicyclic amines) is 1. The zero-order valence-corrected chi connectivity index (χ0v) is 22.0. The molecular weight excluding hydrogens is 479 g/mol. The molecular formula is C32H33FN2OS. The number of hydrogen-bond donors (Lipinski definition) is 1. The summed E-state index contributed by atoms with van der Waals surface area (Å²) in [6.07, 6.45) is 4.17. The van der Waals surface area contributed by atoms with Crippen LogP contribution in [0.4, 0.5) is 9.39 Å². The molecule has 3 nitrogen and oxygen atoms in total. The molecule has 2 heterocycles. The molecule has 5 rings (SSSR count). The van der Waals surface area contributed by atoms with Gasteiger partial charge in [-0.05, 0) is 86.1 Å². The Morgan fingerprint density at radius 2 is 1.68 bits per heavy atom. The van der Waals surface area contributed by atoms with Crippen LogP contribution in [0.5, 0.6) is 0 Å². The van der Waals surface area contributed by atoms with Gasteiger partial charge in [-0.15, -0.1) is 11.3 Å². The summed E-state index contributed by atoms with van der Waals surface area (Å²) in [6, 6.07) is 29.0. The molecule has 190 valence electrons. The van der Waals surface area contributed by atoms with Gasteiger partial charge in [0.25, 0.3) is 5.91 Å². The first-order valence-electron chi connectivity index (χ1n) is 13.1. The zero-order chi connectivity index (χ0) is 25.6. The molecule has 1 unspecified atom stereocenters. The maximum absolute atomic E-state index is 14.4. The van der Waals surface area contributed by atoms with Crippen molar-refractivity contribution in [1.82, 2.24) is 4.90 Å². The van der Waals surface area contributed by atoms with Gasteiger partial charge in [0.05, 0.1) is 6.04 Å². The third kappa shape index (κ3) is 6.17. The van der Waals surface area contributed by atoms with Crippen molar-refractivity contribution in [2.45, 2.75) is 38.6 Å². The molecule has 1 saturated heterocycles. The Labute approximate surface area is 223 Å². The summed E-state index contributed by atoms with van der Waals surface area (Å²) in [5.74, 6) is 0.283. The molecule has 1 fully saturated rings. The fraction of sp³-hybridized carbons (Fsp3) is 0.281. The Hall–Kier alpha value is -3.28. The molecule has 5 heteroatoms. The van der Waals surface area contributed by atoms with Crippen LogP contribution in [0.1, 0.15) is 57.7 Å². The molecule has 1 aliphatic heterocycles. The van der Waals surface area contributed by atoms with Gasteiger partial charge in [-0.3, -0.25) is 9.69 Å². The second kappa shape index (κ2) is 11.8. The van der Waals surface area contributed by atoms with Crippen LogP contribution in [-0.4, -0.2) is 23.9 Å². The summed E-state index contributed by atoms with van der Waals surface area (Å²) in [5.41, 5.74) is 4.00. The molecule has 1 aliphatic rings. The van der Waals surface area contributed by atoms with Gasteiger partial charge in [0.15, 0.2) is 0 Å². The fourth-order valence-electron chi connectivity index (χ4n) is 5.32. The van der Waals surface area contributed by atoms with Crippen LogP contribution >= 0.6 is 11.3 Å². The maximum Gasteiger partial charge on any atom is 0.256 e. The molecule has 0 aliphatic carbocycles. The summed E-state index contributed by atoms with van der Waals surface area (Å²) in [7, 11) is 0. The monoisotopic (exact) mass is 512 g/mol.